The van der Waals surface area contributed by atoms with Crippen molar-refractivity contribution >= 4 is 109 Å². The van der Waals surface area contributed by atoms with Gasteiger partial charge < -0.3 is 54.9 Å². The maximum atomic E-state index is 13.4. The number of imidazole rings is 2. The van der Waals surface area contributed by atoms with Crippen LogP contribution in [0.4, 0.5) is 16.7 Å². The number of nitrogens with zero attached hydrogens (tertiary/aromatic N) is 6. The first-order chi connectivity index (χ1) is 33.9. The second kappa shape index (κ2) is 20.9. The average molecular weight is 1040 g/mol. The van der Waals surface area contributed by atoms with E-state index in [0.717, 1.165) is 43.4 Å². The zero-order valence-electron chi connectivity index (χ0n) is 39.6. The second-order valence-corrected chi connectivity index (χ2v) is 19.7. The number of rotatable bonds is 9. The summed E-state index contributed by atoms with van der Waals surface area (Å²) in [5, 5.41) is 24.2. The van der Waals surface area contributed by atoms with E-state index in [1.165, 1.54) is 18.2 Å². The smallest absolute Gasteiger partial charge is 0.407 e. The molecule has 0 unspecified atom stereocenters. The number of benzene rings is 4. The number of aromatic amines is 2. The molecule has 0 bridgehead atoms. The van der Waals surface area contributed by atoms with E-state index < -0.39 is 23.6 Å². The van der Waals surface area contributed by atoms with Gasteiger partial charge in [0.1, 0.15) is 27.7 Å². The summed E-state index contributed by atoms with van der Waals surface area (Å²) in [6.45, 7) is 8.59. The quantitative estimate of drug-likeness (QED) is 0.0796. The van der Waals surface area contributed by atoms with Gasteiger partial charge in [0.2, 0.25) is 11.9 Å². The van der Waals surface area contributed by atoms with E-state index in [2.05, 4.69) is 20.2 Å². The van der Waals surface area contributed by atoms with Crippen LogP contribution in [0.5, 0.6) is 0 Å². The zero-order valence-corrected chi connectivity index (χ0v) is 41.9. The molecule has 6 heterocycles. The molecule has 4 aromatic carbocycles. The summed E-state index contributed by atoms with van der Waals surface area (Å²) in [6.07, 6.45) is 2.94. The maximum absolute atomic E-state index is 13.4. The Bertz CT molecular complexity index is 3510. The average Bonchev–Trinajstić information content (AvgIpc) is 3.90. The third-order valence-corrected chi connectivity index (χ3v) is 13.3. The first kappa shape index (κ1) is 51.2. The van der Waals surface area contributed by atoms with Gasteiger partial charge >= 0.3 is 18.0 Å². The molecule has 18 nitrogen and oxygen atoms in total. The van der Waals surface area contributed by atoms with Crippen molar-refractivity contribution in [1.82, 2.24) is 34.4 Å². The number of H-pyrrole nitrogens is 2. The molecule has 8 aromatic rings. The number of carboxylic acids is 2. The lowest BCUT2D eigenvalue weighted by Gasteiger charge is -2.34. The molecule has 4 aromatic heterocycles. The molecular formula is C51H53Cl3N10O8. The molecule has 2 saturated heterocycles. The number of piperidine rings is 2. The topological polar surface area (TPSA) is 247 Å². The maximum Gasteiger partial charge on any atom is 0.407 e. The number of carboxylic acid groups (broad SMARTS) is 2. The minimum atomic E-state index is -1.07. The van der Waals surface area contributed by atoms with Crippen LogP contribution in [0.2, 0.25) is 10.0 Å². The normalized spacial score (nSPS) is 16.1. The number of hydrogen-bond donors (Lipinski definition) is 6. The molecule has 1 amide bonds. The number of carbonyl (C=O) groups is 3. The summed E-state index contributed by atoms with van der Waals surface area (Å²) in [5.41, 5.74) is 9.48. The summed E-state index contributed by atoms with van der Waals surface area (Å²) >= 11 is 12.9. The van der Waals surface area contributed by atoms with Crippen LogP contribution in [0.1, 0.15) is 78.3 Å². The Balaban J connectivity index is 0.000000193. The van der Waals surface area contributed by atoms with Gasteiger partial charge in [0.15, 0.2) is 0 Å². The molecule has 2 atom stereocenters. The minimum absolute atomic E-state index is 0. The fraction of sp³-hybridized carbons (Fsp3) is 0.314. The number of alkyl carbamates (subject to hydrolysis) is 1. The van der Waals surface area contributed by atoms with Crippen LogP contribution in [-0.4, -0.2) is 101 Å². The number of hydrogen-bond acceptors (Lipinski definition) is 11. The van der Waals surface area contributed by atoms with Crippen molar-refractivity contribution in [2.45, 2.75) is 77.2 Å². The van der Waals surface area contributed by atoms with Crippen molar-refractivity contribution in [3.63, 3.8) is 0 Å². The fourth-order valence-corrected chi connectivity index (χ4v) is 9.76. The summed E-state index contributed by atoms with van der Waals surface area (Å²) in [7, 11) is 0. The van der Waals surface area contributed by atoms with Gasteiger partial charge in [0, 0.05) is 59.1 Å². The van der Waals surface area contributed by atoms with Crippen molar-refractivity contribution in [3.05, 3.63) is 138 Å². The van der Waals surface area contributed by atoms with Gasteiger partial charge in [-0.05, 0) is 106 Å². The molecule has 21 heteroatoms. The number of ether oxygens (including phenoxy) is 1. The van der Waals surface area contributed by atoms with E-state index in [1.807, 2.05) is 77.3 Å². The summed E-state index contributed by atoms with van der Waals surface area (Å²) in [4.78, 5) is 81.9. The monoisotopic (exact) mass is 1040 g/mol. The van der Waals surface area contributed by atoms with Crippen LogP contribution >= 0.6 is 35.6 Å². The van der Waals surface area contributed by atoms with Gasteiger partial charge in [-0.1, -0.05) is 59.6 Å². The van der Waals surface area contributed by atoms with E-state index in [4.69, 9.17) is 43.6 Å². The van der Waals surface area contributed by atoms with Crippen LogP contribution in [-0.2, 0) is 17.8 Å². The number of halogens is 3. The van der Waals surface area contributed by atoms with E-state index in [0.29, 0.717) is 92.0 Å². The van der Waals surface area contributed by atoms with Crippen LogP contribution < -0.4 is 32.0 Å². The SMILES string of the molecule is CC(C)(C)OC(=O)N[C@@H]1CCCN(c2nc3c4cc(C(=O)O)ccc4[nH]c(=O)c3n2Cc2ccccc2Cl)C1.Cl.N[C@@H]1CCCN(c2nc3c4cc(C(=O)O)ccc4[nH]c(=O)c3n2Cc2ccccc2Cl)C1. The Kier molecular flexibility index (Phi) is 14.9. The number of carbonyl (C=O) groups excluding carboxylic acids is 1. The minimum Gasteiger partial charge on any atom is -0.478 e. The number of fused-ring (bicyclic) bond motifs is 6. The number of pyridine rings is 2. The van der Waals surface area contributed by atoms with E-state index in [9.17, 15) is 34.2 Å². The lowest BCUT2D eigenvalue weighted by molar-refractivity contribution is 0.0498. The highest BCUT2D eigenvalue weighted by Gasteiger charge is 2.30. The Hall–Kier alpha value is -7.12. The number of amides is 1. The second-order valence-electron chi connectivity index (χ2n) is 18.9. The summed E-state index contributed by atoms with van der Waals surface area (Å²) in [6, 6.07) is 23.9. The Morgan fingerprint density at radius 1 is 0.722 bits per heavy atom. The number of nitrogens with two attached hydrogens (primary N) is 1. The summed E-state index contributed by atoms with van der Waals surface area (Å²) < 4.78 is 9.12. The highest BCUT2D eigenvalue weighted by atomic mass is 35.5. The molecule has 72 heavy (non-hydrogen) atoms. The molecule has 2 aliphatic heterocycles. The highest BCUT2D eigenvalue weighted by Crippen LogP contribution is 2.33. The number of anilines is 2. The molecule has 7 N–H and O–H groups in total. The van der Waals surface area contributed by atoms with Crippen LogP contribution in [0.15, 0.2) is 94.5 Å². The van der Waals surface area contributed by atoms with Crippen LogP contribution in [0.3, 0.4) is 0 Å². The van der Waals surface area contributed by atoms with Crippen molar-refractivity contribution in [2.75, 3.05) is 36.0 Å². The molecule has 0 aliphatic carbocycles. The van der Waals surface area contributed by atoms with E-state index in [-0.39, 0.29) is 53.3 Å². The third kappa shape index (κ3) is 10.7. The molecule has 10 rings (SSSR count). The van der Waals surface area contributed by atoms with Crippen molar-refractivity contribution < 1.29 is 29.3 Å². The van der Waals surface area contributed by atoms with Crippen LogP contribution in [0.25, 0.3) is 43.9 Å². The predicted molar refractivity (Wildman–Crippen MR) is 282 cm³/mol. The number of aromatic nitrogens is 6. The first-order valence-corrected chi connectivity index (χ1v) is 24.0. The van der Waals surface area contributed by atoms with Crippen molar-refractivity contribution in [2.24, 2.45) is 5.73 Å². The lowest BCUT2D eigenvalue weighted by atomic mass is 10.1. The van der Waals surface area contributed by atoms with Gasteiger partial charge in [-0.25, -0.2) is 24.4 Å². The molecule has 2 aliphatic rings. The molecule has 2 fully saturated rings. The fourth-order valence-electron chi connectivity index (χ4n) is 9.36. The van der Waals surface area contributed by atoms with Gasteiger partial charge in [0.05, 0.1) is 35.2 Å². The third-order valence-electron chi connectivity index (χ3n) is 12.6. The number of nitrogens with one attached hydrogen (secondary N) is 3. The molecule has 0 spiro atoms. The van der Waals surface area contributed by atoms with E-state index in [1.54, 1.807) is 24.3 Å². The van der Waals surface area contributed by atoms with Gasteiger partial charge in [-0.15, -0.1) is 12.4 Å². The summed E-state index contributed by atoms with van der Waals surface area (Å²) in [5.74, 6) is -0.934. The highest BCUT2D eigenvalue weighted by molar-refractivity contribution is 6.31. The van der Waals surface area contributed by atoms with Gasteiger partial charge in [0.25, 0.3) is 11.1 Å². The van der Waals surface area contributed by atoms with Crippen LogP contribution in [0, 0.1) is 0 Å². The largest absolute Gasteiger partial charge is 0.478 e. The Morgan fingerprint density at radius 3 is 1.62 bits per heavy atom. The standard InChI is InChI=1S/C28H30ClN5O5.C23H22ClN5O3.ClH/c1-28(2,3)39-27(38)30-18-8-6-12-33(15-18)26-32-22-19-13-16(25(36)37)10-11-21(19)31-24(35)23(22)34(26)14-17-7-4-5-9-20(17)29;24-17-6-2-1-4-14(17)11-29-20-19(27-23(29)28-9-3-5-15(25)12-28)16-10-13(22(31)32)7-8-18(16)26-21(20)30;/h4-5,7,9-11,13,18H,6,8,12,14-15H2,1-3H3,(H,30,38)(H,31,35)(H,36,37);1-2,4,6-8,10,15H,3,5,9,11-12,25H2,(H,26,30)(H,31,32);1H/t18-;15-;/m11./s1. The van der Waals surface area contributed by atoms with E-state index >= 15 is 0 Å². The number of aromatic carboxylic acids is 2. The Labute approximate surface area is 428 Å². The zero-order chi connectivity index (χ0) is 50.3. The molecule has 376 valence electrons. The first-order valence-electron chi connectivity index (χ1n) is 23.2. The van der Waals surface area contributed by atoms with Crippen molar-refractivity contribution in [1.29, 1.82) is 0 Å². The molecule has 0 saturated carbocycles. The predicted octanol–water partition coefficient (Wildman–Crippen LogP) is 8.40. The lowest BCUT2D eigenvalue weighted by Crippen LogP contribution is -2.49. The van der Waals surface area contributed by atoms with Gasteiger partial charge in [-0.2, -0.15) is 0 Å². The Morgan fingerprint density at radius 2 is 1.18 bits per heavy atom. The van der Waals surface area contributed by atoms with Crippen molar-refractivity contribution in [3.8, 4) is 0 Å². The molecule has 0 radical (unpaired) electrons. The van der Waals surface area contributed by atoms with Gasteiger partial charge in [-0.3, -0.25) is 9.59 Å². The molecular weight excluding hydrogens is 987 g/mol.